The highest BCUT2D eigenvalue weighted by atomic mass is 19.1. The Morgan fingerprint density at radius 3 is 2.53 bits per heavy atom. The number of anilines is 1. The lowest BCUT2D eigenvalue weighted by molar-refractivity contribution is -0.386. The molecule has 0 aliphatic carbocycles. The molecule has 1 aliphatic rings. The fourth-order valence-corrected chi connectivity index (χ4v) is 3.85. The molecule has 0 N–H and O–H groups in total. The van der Waals surface area contributed by atoms with Crippen LogP contribution in [0.2, 0.25) is 0 Å². The first-order valence-electron chi connectivity index (χ1n) is 11.3. The third-order valence-corrected chi connectivity index (χ3v) is 5.76. The standard InChI is InChI=1S/C27H25FN2O6/c1-34-26-11-3-19(16-21(26)18-36-27-17-22(28)6-9-24(27)30(32)33)2-10-25(31)20-4-7-23(8-5-20)29-12-14-35-15-13-29/h2-11,16-17H,12-15,18H2,1H3/b10-2+. The molecule has 0 saturated carbocycles. The van der Waals surface area contributed by atoms with Gasteiger partial charge in [-0.1, -0.05) is 12.1 Å². The van der Waals surface area contributed by atoms with Crippen molar-refractivity contribution in [1.29, 1.82) is 0 Å². The quantitative estimate of drug-likeness (QED) is 0.179. The third kappa shape index (κ3) is 6.05. The maximum Gasteiger partial charge on any atom is 0.311 e. The predicted molar refractivity (Wildman–Crippen MR) is 133 cm³/mol. The molecule has 3 aromatic carbocycles. The molecule has 3 aromatic rings. The van der Waals surface area contributed by atoms with Crippen LogP contribution in [-0.4, -0.2) is 44.1 Å². The molecule has 0 spiro atoms. The Labute approximate surface area is 207 Å². The smallest absolute Gasteiger partial charge is 0.311 e. The lowest BCUT2D eigenvalue weighted by Gasteiger charge is -2.28. The summed E-state index contributed by atoms with van der Waals surface area (Å²) >= 11 is 0. The third-order valence-electron chi connectivity index (χ3n) is 5.76. The second kappa shape index (κ2) is 11.5. The molecule has 8 nitrogen and oxygen atoms in total. The number of hydrogen-bond donors (Lipinski definition) is 0. The minimum absolute atomic E-state index is 0.0912. The largest absolute Gasteiger partial charge is 0.496 e. The van der Waals surface area contributed by atoms with Crippen molar-refractivity contribution in [2.45, 2.75) is 6.61 Å². The second-order valence-corrected chi connectivity index (χ2v) is 8.07. The first-order chi connectivity index (χ1) is 17.4. The Morgan fingerprint density at radius 1 is 1.08 bits per heavy atom. The summed E-state index contributed by atoms with van der Waals surface area (Å²) < 4.78 is 29.9. The van der Waals surface area contributed by atoms with Gasteiger partial charge in [-0.2, -0.15) is 0 Å². The van der Waals surface area contributed by atoms with Gasteiger partial charge in [0.05, 0.1) is 25.2 Å². The van der Waals surface area contributed by atoms with E-state index < -0.39 is 10.7 Å². The number of rotatable bonds is 9. The van der Waals surface area contributed by atoms with E-state index in [0.717, 1.165) is 37.0 Å². The zero-order chi connectivity index (χ0) is 25.5. The number of allylic oxidation sites excluding steroid dienone is 1. The topological polar surface area (TPSA) is 91.1 Å². The molecule has 0 atom stereocenters. The summed E-state index contributed by atoms with van der Waals surface area (Å²) in [6.07, 6.45) is 3.15. The minimum Gasteiger partial charge on any atom is -0.496 e. The van der Waals surface area contributed by atoms with E-state index >= 15 is 0 Å². The van der Waals surface area contributed by atoms with Gasteiger partial charge in [0.15, 0.2) is 11.5 Å². The molecule has 0 unspecified atom stereocenters. The highest BCUT2D eigenvalue weighted by Gasteiger charge is 2.17. The first-order valence-corrected chi connectivity index (χ1v) is 11.3. The summed E-state index contributed by atoms with van der Waals surface area (Å²) in [4.78, 5) is 25.5. The van der Waals surface area contributed by atoms with Gasteiger partial charge < -0.3 is 19.1 Å². The van der Waals surface area contributed by atoms with Crippen LogP contribution in [0, 0.1) is 15.9 Å². The van der Waals surface area contributed by atoms with Crippen LogP contribution in [0.15, 0.2) is 66.7 Å². The van der Waals surface area contributed by atoms with Crippen LogP contribution in [0.1, 0.15) is 21.5 Å². The van der Waals surface area contributed by atoms with Crippen LogP contribution in [0.4, 0.5) is 15.8 Å². The van der Waals surface area contributed by atoms with Gasteiger partial charge in [-0.3, -0.25) is 14.9 Å². The molecule has 1 heterocycles. The number of nitrogens with zero attached hydrogens (tertiary/aromatic N) is 2. The van der Waals surface area contributed by atoms with Crippen molar-refractivity contribution in [2.24, 2.45) is 0 Å². The molecule has 186 valence electrons. The fraction of sp³-hybridized carbons (Fsp3) is 0.222. The van der Waals surface area contributed by atoms with E-state index in [0.29, 0.717) is 35.7 Å². The fourth-order valence-electron chi connectivity index (χ4n) is 3.85. The van der Waals surface area contributed by atoms with Crippen molar-refractivity contribution < 1.29 is 28.3 Å². The number of benzene rings is 3. The molecule has 0 amide bonds. The van der Waals surface area contributed by atoms with Crippen LogP contribution >= 0.6 is 0 Å². The van der Waals surface area contributed by atoms with Crippen molar-refractivity contribution in [3.05, 3.63) is 99.4 Å². The maximum absolute atomic E-state index is 13.6. The van der Waals surface area contributed by atoms with Gasteiger partial charge >= 0.3 is 5.69 Å². The number of methoxy groups -OCH3 is 1. The second-order valence-electron chi connectivity index (χ2n) is 8.07. The van der Waals surface area contributed by atoms with Crippen molar-refractivity contribution >= 4 is 23.2 Å². The Hall–Kier alpha value is -4.24. The Kier molecular flexibility index (Phi) is 7.92. The minimum atomic E-state index is -0.643. The van der Waals surface area contributed by atoms with Gasteiger partial charge in [-0.15, -0.1) is 0 Å². The summed E-state index contributed by atoms with van der Waals surface area (Å²) in [6, 6.07) is 15.7. The number of carbonyl (C=O) groups is 1. The summed E-state index contributed by atoms with van der Waals surface area (Å²) in [7, 11) is 1.49. The molecule has 9 heteroatoms. The summed E-state index contributed by atoms with van der Waals surface area (Å²) in [5.41, 5.74) is 2.58. The molecule has 1 saturated heterocycles. The molecular formula is C27H25FN2O6. The average molecular weight is 493 g/mol. The molecule has 4 rings (SSSR count). The van der Waals surface area contributed by atoms with Crippen molar-refractivity contribution in [2.75, 3.05) is 38.3 Å². The van der Waals surface area contributed by atoms with Crippen LogP contribution < -0.4 is 14.4 Å². The van der Waals surface area contributed by atoms with Gasteiger partial charge in [0.25, 0.3) is 0 Å². The van der Waals surface area contributed by atoms with Crippen molar-refractivity contribution in [3.63, 3.8) is 0 Å². The SMILES string of the molecule is COc1ccc(/C=C/C(=O)c2ccc(N3CCOCC3)cc2)cc1COc1cc(F)ccc1[N+](=O)[O-]. The maximum atomic E-state index is 13.6. The molecule has 1 aliphatic heterocycles. The number of nitro groups is 1. The van der Waals surface area contributed by atoms with Gasteiger partial charge in [0.2, 0.25) is 0 Å². The van der Waals surface area contributed by atoms with Crippen LogP contribution in [0.3, 0.4) is 0 Å². The van der Waals surface area contributed by atoms with Gasteiger partial charge in [0.1, 0.15) is 18.2 Å². The molecule has 36 heavy (non-hydrogen) atoms. The van der Waals surface area contributed by atoms with E-state index in [1.807, 2.05) is 12.1 Å². The van der Waals surface area contributed by atoms with E-state index in [2.05, 4.69) is 4.90 Å². The lowest BCUT2D eigenvalue weighted by atomic mass is 10.1. The molecule has 0 aromatic heterocycles. The van der Waals surface area contributed by atoms with Gasteiger partial charge in [0, 0.05) is 42.0 Å². The summed E-state index contributed by atoms with van der Waals surface area (Å²) in [5, 5.41) is 11.2. The van der Waals surface area contributed by atoms with Gasteiger partial charge in [-0.05, 0) is 54.1 Å². The molecular weight excluding hydrogens is 467 g/mol. The van der Waals surface area contributed by atoms with E-state index in [1.165, 1.54) is 13.2 Å². The van der Waals surface area contributed by atoms with Gasteiger partial charge in [-0.25, -0.2) is 4.39 Å². The molecule has 0 radical (unpaired) electrons. The number of ether oxygens (including phenoxy) is 3. The number of ketones is 1. The lowest BCUT2D eigenvalue weighted by Crippen LogP contribution is -2.36. The van der Waals surface area contributed by atoms with E-state index in [-0.39, 0.29) is 23.8 Å². The number of hydrogen-bond acceptors (Lipinski definition) is 7. The average Bonchev–Trinajstić information content (AvgIpc) is 2.91. The van der Waals surface area contributed by atoms with Crippen LogP contribution in [0.5, 0.6) is 11.5 Å². The Bertz CT molecular complexity index is 1270. The number of carbonyl (C=O) groups excluding carboxylic acids is 1. The zero-order valence-electron chi connectivity index (χ0n) is 19.7. The van der Waals surface area contributed by atoms with Crippen LogP contribution in [-0.2, 0) is 11.3 Å². The number of nitro benzene ring substituents is 1. The number of halogens is 1. The van der Waals surface area contributed by atoms with E-state index in [9.17, 15) is 19.3 Å². The Morgan fingerprint density at radius 2 is 1.83 bits per heavy atom. The summed E-state index contributed by atoms with van der Waals surface area (Å²) in [5.74, 6) is -0.474. The zero-order valence-corrected chi connectivity index (χ0v) is 19.7. The van der Waals surface area contributed by atoms with Crippen LogP contribution in [0.25, 0.3) is 6.08 Å². The van der Waals surface area contributed by atoms with Crippen molar-refractivity contribution in [1.82, 2.24) is 0 Å². The predicted octanol–water partition coefficient (Wildman–Crippen LogP) is 5.05. The Balaban J connectivity index is 1.46. The normalized spacial score (nSPS) is 13.6. The molecule has 0 bridgehead atoms. The highest BCUT2D eigenvalue weighted by molar-refractivity contribution is 6.07. The summed E-state index contributed by atoms with van der Waals surface area (Å²) in [6.45, 7) is 2.94. The highest BCUT2D eigenvalue weighted by Crippen LogP contribution is 2.30. The first kappa shape index (κ1) is 24.9. The molecule has 1 fully saturated rings. The monoisotopic (exact) mass is 492 g/mol. The van der Waals surface area contributed by atoms with E-state index in [1.54, 1.807) is 36.4 Å². The van der Waals surface area contributed by atoms with E-state index in [4.69, 9.17) is 14.2 Å². The number of morpholine rings is 1. The van der Waals surface area contributed by atoms with Crippen molar-refractivity contribution in [3.8, 4) is 11.5 Å².